The van der Waals surface area contributed by atoms with Crippen LogP contribution >= 0.6 is 0 Å². The maximum Gasteiger partial charge on any atom is 0.153 e. The third kappa shape index (κ3) is 4.05. The molecular formula is C16H26N2O2S. The summed E-state index contributed by atoms with van der Waals surface area (Å²) in [5.41, 5.74) is 1.27. The molecule has 1 heterocycles. The zero-order valence-corrected chi connectivity index (χ0v) is 14.0. The van der Waals surface area contributed by atoms with Gasteiger partial charge in [0.15, 0.2) is 9.84 Å². The molecule has 5 heteroatoms. The van der Waals surface area contributed by atoms with Crippen LogP contribution in [-0.4, -0.2) is 57.5 Å². The molecule has 21 heavy (non-hydrogen) atoms. The van der Waals surface area contributed by atoms with Gasteiger partial charge in [0.05, 0.1) is 11.5 Å². The predicted octanol–water partition coefficient (Wildman–Crippen LogP) is 1.28. The Hall–Kier alpha value is -0.910. The Bertz CT molecular complexity index is 559. The van der Waals surface area contributed by atoms with E-state index in [1.165, 1.54) is 5.56 Å². The highest BCUT2D eigenvalue weighted by Crippen LogP contribution is 2.26. The number of sulfone groups is 1. The number of likely N-dealkylation sites (N-methyl/N-ethyl adjacent to an activating group) is 1. The van der Waals surface area contributed by atoms with Crippen molar-refractivity contribution in [3.8, 4) is 0 Å². The lowest BCUT2D eigenvalue weighted by Gasteiger charge is -2.41. The molecule has 1 aliphatic rings. The molecule has 0 spiro atoms. The average Bonchev–Trinajstić information content (AvgIpc) is 2.43. The lowest BCUT2D eigenvalue weighted by Crippen LogP contribution is -2.53. The topological polar surface area (TPSA) is 49.4 Å². The van der Waals surface area contributed by atoms with Crippen molar-refractivity contribution in [1.82, 2.24) is 10.2 Å². The summed E-state index contributed by atoms with van der Waals surface area (Å²) in [5.74, 6) is 0.555. The van der Waals surface area contributed by atoms with Crippen molar-refractivity contribution in [1.29, 1.82) is 0 Å². The molecule has 0 aliphatic carbocycles. The maximum absolute atomic E-state index is 11.7. The van der Waals surface area contributed by atoms with Gasteiger partial charge in [-0.3, -0.25) is 4.90 Å². The molecule has 118 valence electrons. The van der Waals surface area contributed by atoms with Gasteiger partial charge in [-0.05, 0) is 19.5 Å². The van der Waals surface area contributed by atoms with Crippen LogP contribution in [0.3, 0.4) is 0 Å². The Morgan fingerprint density at radius 3 is 2.57 bits per heavy atom. The molecular weight excluding hydrogens is 284 g/mol. The van der Waals surface area contributed by atoms with E-state index in [-0.39, 0.29) is 23.0 Å². The molecule has 1 fully saturated rings. The van der Waals surface area contributed by atoms with Gasteiger partial charge in [0.25, 0.3) is 0 Å². The minimum Gasteiger partial charge on any atom is -0.319 e. The highest BCUT2D eigenvalue weighted by Gasteiger charge is 2.34. The van der Waals surface area contributed by atoms with Gasteiger partial charge < -0.3 is 5.32 Å². The highest BCUT2D eigenvalue weighted by atomic mass is 32.2. The fraction of sp³-hybridized carbons (Fsp3) is 0.625. The van der Waals surface area contributed by atoms with E-state index >= 15 is 0 Å². The molecule has 0 bridgehead atoms. The molecule has 2 atom stereocenters. The van der Waals surface area contributed by atoms with Crippen LogP contribution in [-0.2, 0) is 15.3 Å². The van der Waals surface area contributed by atoms with E-state index < -0.39 is 9.84 Å². The Balaban J connectivity index is 2.17. The fourth-order valence-electron chi connectivity index (χ4n) is 3.20. The summed E-state index contributed by atoms with van der Waals surface area (Å²) >= 11 is 0. The van der Waals surface area contributed by atoms with Crippen LogP contribution in [0.2, 0.25) is 0 Å². The van der Waals surface area contributed by atoms with Crippen LogP contribution in [0.25, 0.3) is 0 Å². The normalized spacial score (nSPS) is 25.4. The van der Waals surface area contributed by atoms with E-state index in [0.29, 0.717) is 6.54 Å². The smallest absolute Gasteiger partial charge is 0.153 e. The van der Waals surface area contributed by atoms with Crippen molar-refractivity contribution < 1.29 is 8.42 Å². The summed E-state index contributed by atoms with van der Waals surface area (Å²) in [7, 11) is -0.891. The van der Waals surface area contributed by atoms with Crippen LogP contribution in [0.4, 0.5) is 0 Å². The van der Waals surface area contributed by atoms with Crippen LogP contribution < -0.4 is 5.32 Å². The summed E-state index contributed by atoms with van der Waals surface area (Å²) < 4.78 is 23.5. The molecule has 0 saturated carbocycles. The van der Waals surface area contributed by atoms with E-state index in [2.05, 4.69) is 41.4 Å². The number of hydrogen-bond donors (Lipinski definition) is 1. The summed E-state index contributed by atoms with van der Waals surface area (Å²) in [6, 6.07) is 10.6. The van der Waals surface area contributed by atoms with E-state index in [1.54, 1.807) is 0 Å². The van der Waals surface area contributed by atoms with Crippen LogP contribution in [0.15, 0.2) is 30.3 Å². The summed E-state index contributed by atoms with van der Waals surface area (Å²) in [4.78, 5) is 2.31. The van der Waals surface area contributed by atoms with Crippen LogP contribution in [0, 0.1) is 0 Å². The molecule has 2 rings (SSSR count). The van der Waals surface area contributed by atoms with Gasteiger partial charge in [0, 0.05) is 31.1 Å². The third-order valence-corrected chi connectivity index (χ3v) is 6.19. The van der Waals surface area contributed by atoms with Crippen molar-refractivity contribution >= 4 is 9.84 Å². The first kappa shape index (κ1) is 16.5. The second-order valence-electron chi connectivity index (χ2n) is 6.39. The minimum absolute atomic E-state index is 0.0224. The van der Waals surface area contributed by atoms with Crippen LogP contribution in [0.1, 0.15) is 19.4 Å². The molecule has 1 saturated heterocycles. The van der Waals surface area contributed by atoms with Gasteiger partial charge in [0.1, 0.15) is 0 Å². The van der Waals surface area contributed by atoms with Crippen LogP contribution in [0.5, 0.6) is 0 Å². The molecule has 1 N–H and O–H groups in total. The average molecular weight is 310 g/mol. The molecule has 1 aliphatic heterocycles. The Morgan fingerprint density at radius 2 is 2.00 bits per heavy atom. The van der Waals surface area contributed by atoms with Gasteiger partial charge in [-0.1, -0.05) is 37.3 Å². The van der Waals surface area contributed by atoms with E-state index in [0.717, 1.165) is 13.1 Å². The lowest BCUT2D eigenvalue weighted by molar-refractivity contribution is 0.177. The Morgan fingerprint density at radius 1 is 1.33 bits per heavy atom. The molecule has 0 amide bonds. The second-order valence-corrected chi connectivity index (χ2v) is 8.62. The summed E-state index contributed by atoms with van der Waals surface area (Å²) in [5, 5.41) is 3.28. The molecule has 0 aromatic heterocycles. The fourth-order valence-corrected chi connectivity index (χ4v) is 4.82. The van der Waals surface area contributed by atoms with Gasteiger partial charge in [-0.15, -0.1) is 0 Å². The highest BCUT2D eigenvalue weighted by molar-refractivity contribution is 7.91. The molecule has 1 aromatic carbocycles. The first-order chi connectivity index (χ1) is 9.86. The van der Waals surface area contributed by atoms with Crippen molar-refractivity contribution in [3.63, 3.8) is 0 Å². The maximum atomic E-state index is 11.7. The molecule has 2 unspecified atom stereocenters. The zero-order valence-electron chi connectivity index (χ0n) is 13.2. The monoisotopic (exact) mass is 310 g/mol. The van der Waals surface area contributed by atoms with Gasteiger partial charge >= 0.3 is 0 Å². The van der Waals surface area contributed by atoms with Crippen molar-refractivity contribution in [2.24, 2.45) is 0 Å². The van der Waals surface area contributed by atoms with E-state index in [9.17, 15) is 8.42 Å². The first-order valence-corrected chi connectivity index (χ1v) is 9.33. The molecule has 4 nitrogen and oxygen atoms in total. The number of nitrogens with one attached hydrogen (secondary N) is 1. The Labute approximate surface area is 128 Å². The molecule has 1 aromatic rings. The third-order valence-electron chi connectivity index (χ3n) is 4.40. The summed E-state index contributed by atoms with van der Waals surface area (Å²) in [6.45, 7) is 6.63. The Kier molecular flexibility index (Phi) is 5.07. The van der Waals surface area contributed by atoms with E-state index in [1.807, 2.05) is 20.0 Å². The number of rotatable bonds is 5. The van der Waals surface area contributed by atoms with Crippen molar-refractivity contribution in [2.45, 2.75) is 25.3 Å². The quantitative estimate of drug-likeness (QED) is 0.890. The number of hydrogen-bond acceptors (Lipinski definition) is 4. The first-order valence-electron chi connectivity index (χ1n) is 7.51. The van der Waals surface area contributed by atoms with Crippen molar-refractivity contribution in [3.05, 3.63) is 35.9 Å². The standard InChI is InChI=1S/C16H26N2O2S/c1-14-11-21(19,20)10-9-18(14)13-16(2,12-17-3)15-7-5-4-6-8-15/h4-8,14,17H,9-13H2,1-3H3. The van der Waals surface area contributed by atoms with E-state index in [4.69, 9.17) is 0 Å². The second kappa shape index (κ2) is 6.46. The molecule has 0 radical (unpaired) electrons. The predicted molar refractivity (Wildman–Crippen MR) is 87.4 cm³/mol. The van der Waals surface area contributed by atoms with Gasteiger partial charge in [0.2, 0.25) is 0 Å². The lowest BCUT2D eigenvalue weighted by atomic mass is 9.81. The minimum atomic E-state index is -2.85. The number of nitrogens with zero attached hydrogens (tertiary/aromatic N) is 1. The van der Waals surface area contributed by atoms with Gasteiger partial charge in [-0.2, -0.15) is 0 Å². The zero-order chi connectivity index (χ0) is 15.5. The summed E-state index contributed by atoms with van der Waals surface area (Å²) in [6.07, 6.45) is 0. The van der Waals surface area contributed by atoms with Crippen molar-refractivity contribution in [2.75, 3.05) is 38.2 Å². The SMILES string of the molecule is CNCC(C)(CN1CCS(=O)(=O)CC1C)c1ccccc1. The largest absolute Gasteiger partial charge is 0.319 e. The number of benzene rings is 1. The van der Waals surface area contributed by atoms with Gasteiger partial charge in [-0.25, -0.2) is 8.42 Å².